The molecule has 1 aliphatic heterocycles. The summed E-state index contributed by atoms with van der Waals surface area (Å²) >= 11 is 0. The number of hydrogen-bond donors (Lipinski definition) is 0. The number of fused-ring (bicyclic) bond motifs is 12. The summed E-state index contributed by atoms with van der Waals surface area (Å²) in [6, 6.07) is 69.8. The Morgan fingerprint density at radius 3 is 1.54 bits per heavy atom. The molecule has 1 spiro atoms. The number of aromatic nitrogens is 4. The fraction of sp³-hybridized carbons (Fsp3) is 0.0192. The first-order chi connectivity index (χ1) is 27.8. The highest BCUT2D eigenvalue weighted by Gasteiger charge is 2.50. The maximum absolute atomic E-state index is 5.06. The smallest absolute Gasteiger partial charge is 0.164 e. The molecule has 0 saturated carbocycles. The van der Waals surface area contributed by atoms with Gasteiger partial charge in [-0.05, 0) is 68.8 Å². The minimum absolute atomic E-state index is 0.511. The van der Waals surface area contributed by atoms with Gasteiger partial charge in [0.1, 0.15) is 0 Å². The molecule has 4 heteroatoms. The van der Waals surface area contributed by atoms with Crippen LogP contribution >= 0.6 is 0 Å². The van der Waals surface area contributed by atoms with Crippen LogP contribution in [0.2, 0.25) is 0 Å². The highest BCUT2D eigenvalue weighted by molar-refractivity contribution is 6.13. The van der Waals surface area contributed by atoms with Crippen molar-refractivity contribution in [1.29, 1.82) is 0 Å². The van der Waals surface area contributed by atoms with Crippen LogP contribution in [-0.4, -0.2) is 19.5 Å². The van der Waals surface area contributed by atoms with E-state index in [1.807, 2.05) is 60.7 Å². The molecule has 10 aromatic rings. The van der Waals surface area contributed by atoms with Crippen LogP contribution in [0.3, 0.4) is 0 Å². The van der Waals surface area contributed by atoms with Gasteiger partial charge < -0.3 is 4.57 Å². The Morgan fingerprint density at radius 2 is 0.839 bits per heavy atom. The molecule has 0 unspecified atom stereocenters. The molecule has 1 aliphatic carbocycles. The molecule has 0 atom stereocenters. The van der Waals surface area contributed by atoms with Gasteiger partial charge in [-0.2, -0.15) is 0 Å². The van der Waals surface area contributed by atoms with Crippen LogP contribution in [0.4, 0.5) is 0 Å². The molecular weight excluding hydrogens is 681 g/mol. The van der Waals surface area contributed by atoms with Gasteiger partial charge in [-0.3, -0.25) is 0 Å². The lowest BCUT2D eigenvalue weighted by Crippen LogP contribution is -2.33. The maximum Gasteiger partial charge on any atom is 0.164 e. The molecule has 8 aromatic carbocycles. The lowest BCUT2D eigenvalue weighted by Gasteiger charge is -2.40. The fourth-order valence-electron chi connectivity index (χ4n) is 9.52. The van der Waals surface area contributed by atoms with Gasteiger partial charge in [0.25, 0.3) is 0 Å². The van der Waals surface area contributed by atoms with Crippen LogP contribution in [-0.2, 0) is 5.41 Å². The second-order valence-corrected chi connectivity index (χ2v) is 14.7. The van der Waals surface area contributed by atoms with Gasteiger partial charge >= 0.3 is 0 Å². The summed E-state index contributed by atoms with van der Waals surface area (Å²) in [7, 11) is 0. The summed E-state index contributed by atoms with van der Waals surface area (Å²) in [6.07, 6.45) is 0. The molecular formula is C52H32N4. The lowest BCUT2D eigenvalue weighted by atomic mass is 9.65. The van der Waals surface area contributed by atoms with E-state index in [9.17, 15) is 0 Å². The largest absolute Gasteiger partial charge is 0.309 e. The van der Waals surface area contributed by atoms with Crippen molar-refractivity contribution >= 4 is 21.8 Å². The zero-order chi connectivity index (χ0) is 36.8. The molecule has 2 aliphatic rings. The Balaban J connectivity index is 1.11. The number of nitrogens with zero attached hydrogens (tertiary/aromatic N) is 4. The van der Waals surface area contributed by atoms with Crippen LogP contribution in [0.25, 0.3) is 83.9 Å². The lowest BCUT2D eigenvalue weighted by molar-refractivity contribution is 0.749. The molecule has 3 heterocycles. The highest BCUT2D eigenvalue weighted by atomic mass is 15.0. The SMILES string of the molecule is c1ccc(-c2nc(-c3ccccc3)nc(-c3cccc(-c4ccc5c(c4)C4(c6ccccc6-c6ccccc64)c4cccc6c7ccccc7n-5c46)c3)n2)cc1. The third-order valence-corrected chi connectivity index (χ3v) is 11.8. The maximum atomic E-state index is 5.06. The molecule has 0 amide bonds. The molecule has 12 rings (SSSR count). The quantitative estimate of drug-likeness (QED) is 0.182. The van der Waals surface area contributed by atoms with Crippen molar-refractivity contribution in [3.05, 3.63) is 216 Å². The van der Waals surface area contributed by atoms with Crippen LogP contribution in [0.15, 0.2) is 194 Å². The summed E-state index contributed by atoms with van der Waals surface area (Å²) in [6.45, 7) is 0. The minimum atomic E-state index is -0.511. The van der Waals surface area contributed by atoms with Crippen molar-refractivity contribution in [1.82, 2.24) is 19.5 Å². The molecule has 0 fully saturated rings. The Hall–Kier alpha value is -7.43. The van der Waals surface area contributed by atoms with Gasteiger partial charge in [-0.1, -0.05) is 170 Å². The van der Waals surface area contributed by atoms with Crippen molar-refractivity contribution in [3.8, 4) is 62.1 Å². The number of para-hydroxylation sites is 2. The molecule has 4 nitrogen and oxygen atoms in total. The zero-order valence-corrected chi connectivity index (χ0v) is 30.3. The van der Waals surface area contributed by atoms with E-state index in [1.54, 1.807) is 0 Å². The van der Waals surface area contributed by atoms with Crippen molar-refractivity contribution in [2.45, 2.75) is 5.41 Å². The third-order valence-electron chi connectivity index (χ3n) is 11.8. The number of rotatable bonds is 4. The van der Waals surface area contributed by atoms with E-state index in [0.29, 0.717) is 17.5 Å². The van der Waals surface area contributed by atoms with Gasteiger partial charge in [0.05, 0.1) is 22.1 Å². The molecule has 56 heavy (non-hydrogen) atoms. The average Bonchev–Trinajstić information content (AvgIpc) is 3.77. The number of hydrogen-bond acceptors (Lipinski definition) is 3. The van der Waals surface area contributed by atoms with E-state index in [1.165, 1.54) is 60.9 Å². The molecule has 2 aromatic heterocycles. The molecule has 0 bridgehead atoms. The van der Waals surface area contributed by atoms with Crippen LogP contribution in [0.1, 0.15) is 22.3 Å². The summed E-state index contributed by atoms with van der Waals surface area (Å²) in [5.41, 5.74) is 16.1. The van der Waals surface area contributed by atoms with Crippen LogP contribution < -0.4 is 0 Å². The topological polar surface area (TPSA) is 43.6 Å². The molecule has 0 N–H and O–H groups in total. The number of benzene rings is 8. The van der Waals surface area contributed by atoms with E-state index in [-0.39, 0.29) is 0 Å². The third kappa shape index (κ3) is 4.27. The van der Waals surface area contributed by atoms with Gasteiger partial charge in [-0.25, -0.2) is 15.0 Å². The Kier molecular flexibility index (Phi) is 6.52. The fourth-order valence-corrected chi connectivity index (χ4v) is 9.52. The van der Waals surface area contributed by atoms with Crippen molar-refractivity contribution in [2.75, 3.05) is 0 Å². The van der Waals surface area contributed by atoms with E-state index in [2.05, 4.69) is 138 Å². The van der Waals surface area contributed by atoms with Gasteiger partial charge in [0, 0.05) is 27.5 Å². The van der Waals surface area contributed by atoms with E-state index >= 15 is 0 Å². The van der Waals surface area contributed by atoms with Crippen molar-refractivity contribution < 1.29 is 0 Å². The monoisotopic (exact) mass is 712 g/mol. The van der Waals surface area contributed by atoms with Gasteiger partial charge in [-0.15, -0.1) is 0 Å². The minimum Gasteiger partial charge on any atom is -0.309 e. The Labute approximate surface area is 324 Å². The molecule has 260 valence electrons. The second-order valence-electron chi connectivity index (χ2n) is 14.7. The van der Waals surface area contributed by atoms with E-state index in [4.69, 9.17) is 15.0 Å². The first kappa shape index (κ1) is 31.0. The zero-order valence-electron chi connectivity index (χ0n) is 30.3. The summed E-state index contributed by atoms with van der Waals surface area (Å²) in [4.78, 5) is 15.0. The van der Waals surface area contributed by atoms with Crippen molar-refractivity contribution in [3.63, 3.8) is 0 Å². The van der Waals surface area contributed by atoms with Gasteiger partial charge in [0.2, 0.25) is 0 Å². The van der Waals surface area contributed by atoms with E-state index < -0.39 is 5.41 Å². The summed E-state index contributed by atoms with van der Waals surface area (Å²) in [5.74, 6) is 1.94. The Morgan fingerprint density at radius 1 is 0.339 bits per heavy atom. The average molecular weight is 713 g/mol. The normalized spacial score (nSPS) is 13.1. The summed E-state index contributed by atoms with van der Waals surface area (Å²) in [5, 5.41) is 2.55. The van der Waals surface area contributed by atoms with E-state index in [0.717, 1.165) is 27.8 Å². The first-order valence-corrected chi connectivity index (χ1v) is 19.1. The van der Waals surface area contributed by atoms with Crippen LogP contribution in [0.5, 0.6) is 0 Å². The Bertz CT molecular complexity index is 3090. The predicted octanol–water partition coefficient (Wildman–Crippen LogP) is 12.3. The van der Waals surface area contributed by atoms with Crippen LogP contribution in [0, 0.1) is 0 Å². The molecule has 0 saturated heterocycles. The highest BCUT2D eigenvalue weighted by Crippen LogP contribution is 2.61. The standard InChI is InChI=1S/C52H32N4/c1-3-15-33(16-4-1)49-53-50(34-17-5-2-6-18-34)55-51(54-49)37-20-13-19-35(31-37)36-29-30-47-45(32-36)52(42-25-10-7-21-38(42)39-22-8-11-26-43(39)52)44-27-14-24-41-40-23-9-12-28-46(40)56(47)48(41)44/h1-32H. The summed E-state index contributed by atoms with van der Waals surface area (Å²) < 4.78 is 2.51. The van der Waals surface area contributed by atoms with Gasteiger partial charge in [0.15, 0.2) is 17.5 Å². The first-order valence-electron chi connectivity index (χ1n) is 19.1. The second kappa shape index (κ2) is 11.8. The predicted molar refractivity (Wildman–Crippen MR) is 227 cm³/mol. The van der Waals surface area contributed by atoms with Crippen molar-refractivity contribution in [2.24, 2.45) is 0 Å². The molecule has 0 radical (unpaired) electrons.